The van der Waals surface area contributed by atoms with Crippen LogP contribution in [0.25, 0.3) is 0 Å². The highest BCUT2D eigenvalue weighted by molar-refractivity contribution is 7.89. The van der Waals surface area contributed by atoms with E-state index >= 15 is 0 Å². The van der Waals surface area contributed by atoms with E-state index < -0.39 is 28.0 Å². The number of anilines is 1. The van der Waals surface area contributed by atoms with Gasteiger partial charge in [0, 0.05) is 13.1 Å². The number of carbonyl (C=O) groups excluding carboxylic acids is 2. The quantitative estimate of drug-likeness (QED) is 0.606. The molecule has 0 bridgehead atoms. The highest BCUT2D eigenvalue weighted by Gasteiger charge is 2.29. The van der Waals surface area contributed by atoms with Crippen LogP contribution in [-0.2, 0) is 19.6 Å². The molecule has 1 aliphatic rings. The van der Waals surface area contributed by atoms with E-state index in [1.807, 2.05) is 0 Å². The number of halogens is 1. The molecule has 0 saturated carbocycles. The molecule has 172 valence electrons. The minimum Gasteiger partial charge on any atom is -0.495 e. The third-order valence-electron chi connectivity index (χ3n) is 5.12. The summed E-state index contributed by atoms with van der Waals surface area (Å²) in [6.07, 6.45) is 1.39. The number of methoxy groups -OCH3 is 1. The second kappa shape index (κ2) is 10.3. The van der Waals surface area contributed by atoms with Crippen LogP contribution in [-0.4, -0.2) is 50.9 Å². The zero-order valence-electron chi connectivity index (χ0n) is 17.8. The summed E-state index contributed by atoms with van der Waals surface area (Å²) in [6, 6.07) is 10.7. The van der Waals surface area contributed by atoms with E-state index in [4.69, 9.17) is 21.1 Å². The Morgan fingerprint density at radius 1 is 1.09 bits per heavy atom. The number of carbonyl (C=O) groups is 2. The fourth-order valence-corrected chi connectivity index (χ4v) is 5.35. The van der Waals surface area contributed by atoms with Crippen molar-refractivity contribution in [1.29, 1.82) is 0 Å². The molecule has 1 heterocycles. The largest absolute Gasteiger partial charge is 0.495 e. The van der Waals surface area contributed by atoms with Gasteiger partial charge in [0.25, 0.3) is 5.91 Å². The number of hydrogen-bond acceptors (Lipinski definition) is 6. The maximum atomic E-state index is 13.0. The van der Waals surface area contributed by atoms with E-state index in [1.54, 1.807) is 24.3 Å². The van der Waals surface area contributed by atoms with Gasteiger partial charge in [0.2, 0.25) is 10.0 Å². The molecule has 1 atom stereocenters. The minimum atomic E-state index is -3.84. The maximum absolute atomic E-state index is 13.0. The predicted molar refractivity (Wildman–Crippen MR) is 121 cm³/mol. The first-order chi connectivity index (χ1) is 15.2. The number of amides is 1. The first-order valence-corrected chi connectivity index (χ1v) is 12.0. The summed E-state index contributed by atoms with van der Waals surface area (Å²) in [6.45, 7) is 2.24. The van der Waals surface area contributed by atoms with Crippen molar-refractivity contribution in [3.63, 3.8) is 0 Å². The smallest absolute Gasteiger partial charge is 0.338 e. The first-order valence-electron chi connectivity index (χ1n) is 10.2. The molecule has 0 aromatic heterocycles. The molecule has 10 heteroatoms. The van der Waals surface area contributed by atoms with Crippen LogP contribution in [0.1, 0.15) is 36.5 Å². The van der Waals surface area contributed by atoms with E-state index in [2.05, 4.69) is 5.32 Å². The van der Waals surface area contributed by atoms with Crippen molar-refractivity contribution in [2.45, 2.75) is 37.2 Å². The van der Waals surface area contributed by atoms with Crippen LogP contribution >= 0.6 is 11.6 Å². The fourth-order valence-electron chi connectivity index (χ4n) is 3.34. The maximum Gasteiger partial charge on any atom is 0.338 e. The molecule has 1 saturated heterocycles. The molecule has 32 heavy (non-hydrogen) atoms. The first kappa shape index (κ1) is 24.0. The Morgan fingerprint density at radius 3 is 2.47 bits per heavy atom. The highest BCUT2D eigenvalue weighted by atomic mass is 35.5. The fraction of sp³-hybridized carbons (Fsp3) is 0.364. The number of hydrogen-bond donors (Lipinski definition) is 1. The number of sulfonamides is 1. The van der Waals surface area contributed by atoms with Crippen molar-refractivity contribution in [3.8, 4) is 5.75 Å². The summed E-state index contributed by atoms with van der Waals surface area (Å²) in [5.41, 5.74) is 0.422. The summed E-state index contributed by atoms with van der Waals surface area (Å²) < 4.78 is 37.8. The lowest BCUT2D eigenvalue weighted by molar-refractivity contribution is -0.123. The average Bonchev–Trinajstić information content (AvgIpc) is 2.80. The molecule has 8 nitrogen and oxygen atoms in total. The van der Waals surface area contributed by atoms with Crippen LogP contribution in [0, 0.1) is 0 Å². The summed E-state index contributed by atoms with van der Waals surface area (Å²) in [4.78, 5) is 24.9. The molecule has 0 aliphatic carbocycles. The van der Waals surface area contributed by atoms with E-state index in [-0.39, 0.29) is 15.5 Å². The molecule has 1 amide bonds. The van der Waals surface area contributed by atoms with Crippen LogP contribution in [0.4, 0.5) is 5.69 Å². The normalized spacial score (nSPS) is 15.6. The lowest BCUT2D eigenvalue weighted by Crippen LogP contribution is -2.36. The number of nitrogens with zero attached hydrogens (tertiary/aromatic N) is 1. The molecule has 2 aromatic carbocycles. The van der Waals surface area contributed by atoms with Crippen LogP contribution in [0.3, 0.4) is 0 Å². The van der Waals surface area contributed by atoms with Crippen molar-refractivity contribution in [1.82, 2.24) is 4.31 Å². The van der Waals surface area contributed by atoms with Gasteiger partial charge < -0.3 is 14.8 Å². The van der Waals surface area contributed by atoms with E-state index in [1.165, 1.54) is 36.5 Å². The number of para-hydroxylation sites is 2. The minimum absolute atomic E-state index is 0.0121. The Labute approximate surface area is 192 Å². The van der Waals surface area contributed by atoms with Gasteiger partial charge in [0.05, 0.1) is 23.4 Å². The zero-order valence-corrected chi connectivity index (χ0v) is 19.4. The molecule has 1 unspecified atom stereocenters. The molecular weight excluding hydrogens is 456 g/mol. The van der Waals surface area contributed by atoms with Crippen molar-refractivity contribution < 1.29 is 27.5 Å². The van der Waals surface area contributed by atoms with Gasteiger partial charge in [-0.05, 0) is 50.1 Å². The van der Waals surface area contributed by atoms with Gasteiger partial charge in [-0.25, -0.2) is 13.2 Å². The van der Waals surface area contributed by atoms with Gasteiger partial charge in [0.1, 0.15) is 10.6 Å². The molecule has 2 aromatic rings. The SMILES string of the molecule is COc1ccccc1NC(=O)C(C)OC(=O)c1ccc(Cl)c(S(=O)(=O)N2CCCCC2)c1. The summed E-state index contributed by atoms with van der Waals surface area (Å²) >= 11 is 6.15. The Hall–Kier alpha value is -2.62. The van der Waals surface area contributed by atoms with E-state index in [0.717, 1.165) is 19.3 Å². The van der Waals surface area contributed by atoms with Crippen molar-refractivity contribution in [2.24, 2.45) is 0 Å². The molecule has 1 aliphatic heterocycles. The molecule has 3 rings (SSSR count). The zero-order chi connectivity index (χ0) is 23.3. The second-order valence-electron chi connectivity index (χ2n) is 7.35. The highest BCUT2D eigenvalue weighted by Crippen LogP contribution is 2.28. The summed E-state index contributed by atoms with van der Waals surface area (Å²) in [7, 11) is -2.36. The van der Waals surface area contributed by atoms with Gasteiger partial charge in [-0.15, -0.1) is 0 Å². The number of ether oxygens (including phenoxy) is 2. The van der Waals surface area contributed by atoms with Gasteiger partial charge in [-0.3, -0.25) is 4.79 Å². The molecule has 1 fully saturated rings. The third kappa shape index (κ3) is 5.40. The van der Waals surface area contributed by atoms with Crippen molar-refractivity contribution >= 4 is 39.2 Å². The van der Waals surface area contributed by atoms with Crippen LogP contribution in [0.2, 0.25) is 5.02 Å². The number of esters is 1. The molecule has 0 spiro atoms. The molecule has 0 radical (unpaired) electrons. The van der Waals surface area contributed by atoms with Crippen LogP contribution in [0.15, 0.2) is 47.4 Å². The lowest BCUT2D eigenvalue weighted by atomic mass is 10.2. The Bertz CT molecular complexity index is 1100. The standard InChI is InChI=1S/C22H25ClN2O6S/c1-15(21(26)24-18-8-4-5-9-19(18)30-2)31-22(27)16-10-11-17(23)20(14-16)32(28,29)25-12-6-3-7-13-25/h4-5,8-11,14-15H,3,6-7,12-13H2,1-2H3,(H,24,26). The predicted octanol–water partition coefficient (Wildman–Crippen LogP) is 3.71. The molecular formula is C22H25ClN2O6S. The van der Waals surface area contributed by atoms with Crippen molar-refractivity contribution in [2.75, 3.05) is 25.5 Å². The van der Waals surface area contributed by atoms with Gasteiger partial charge in [-0.2, -0.15) is 4.31 Å². The number of benzene rings is 2. The Balaban J connectivity index is 1.73. The summed E-state index contributed by atoms with van der Waals surface area (Å²) in [5, 5.41) is 2.66. The van der Waals surface area contributed by atoms with Crippen LogP contribution in [0.5, 0.6) is 5.75 Å². The van der Waals surface area contributed by atoms with E-state index in [0.29, 0.717) is 24.5 Å². The molecule has 1 N–H and O–H groups in total. The lowest BCUT2D eigenvalue weighted by Gasteiger charge is -2.26. The Kier molecular flexibility index (Phi) is 7.76. The summed E-state index contributed by atoms with van der Waals surface area (Å²) in [5.74, 6) is -0.929. The van der Waals surface area contributed by atoms with E-state index in [9.17, 15) is 18.0 Å². The van der Waals surface area contributed by atoms with Gasteiger partial charge >= 0.3 is 5.97 Å². The Morgan fingerprint density at radius 2 is 1.78 bits per heavy atom. The topological polar surface area (TPSA) is 102 Å². The second-order valence-corrected chi connectivity index (χ2v) is 9.66. The average molecular weight is 481 g/mol. The number of nitrogens with one attached hydrogen (secondary N) is 1. The van der Waals surface area contributed by atoms with Gasteiger partial charge in [-0.1, -0.05) is 30.2 Å². The van der Waals surface area contributed by atoms with Crippen LogP contribution < -0.4 is 10.1 Å². The van der Waals surface area contributed by atoms with Gasteiger partial charge in [0.15, 0.2) is 6.10 Å². The third-order valence-corrected chi connectivity index (χ3v) is 7.50. The van der Waals surface area contributed by atoms with Crippen molar-refractivity contribution in [3.05, 3.63) is 53.1 Å². The monoisotopic (exact) mass is 480 g/mol. The number of piperidine rings is 1. The number of rotatable bonds is 7.